The molecular weight excluding hydrogens is 216 g/mol. The minimum absolute atomic E-state index is 0.179. The third kappa shape index (κ3) is 2.66. The van der Waals surface area contributed by atoms with E-state index in [9.17, 15) is 4.79 Å². The first kappa shape index (κ1) is 11.3. The zero-order valence-electron chi connectivity index (χ0n) is 9.78. The molecular formula is C13H14N2O2. The van der Waals surface area contributed by atoms with Crippen LogP contribution in [0, 0.1) is 6.92 Å². The molecule has 0 saturated heterocycles. The van der Waals surface area contributed by atoms with E-state index < -0.39 is 0 Å². The van der Waals surface area contributed by atoms with Gasteiger partial charge in [0, 0.05) is 24.4 Å². The summed E-state index contributed by atoms with van der Waals surface area (Å²) in [6.45, 7) is 1.83. The summed E-state index contributed by atoms with van der Waals surface area (Å²) in [5.41, 5.74) is 1.56. The molecule has 1 aromatic heterocycles. The molecule has 0 bridgehead atoms. The number of rotatable bonds is 3. The van der Waals surface area contributed by atoms with Crippen molar-refractivity contribution >= 4 is 17.5 Å². The second-order valence-electron chi connectivity index (χ2n) is 3.69. The molecule has 1 heterocycles. The lowest BCUT2D eigenvalue weighted by molar-refractivity contribution is 0.102. The number of carbonyl (C=O) groups excluding carboxylic acids is 1. The average Bonchev–Trinajstić information content (AvgIpc) is 2.75. The maximum atomic E-state index is 11.8. The summed E-state index contributed by atoms with van der Waals surface area (Å²) in [6.07, 6.45) is 0. The van der Waals surface area contributed by atoms with Crippen LogP contribution < -0.4 is 10.6 Å². The number of hydrogen-bond acceptors (Lipinski definition) is 3. The first-order valence-electron chi connectivity index (χ1n) is 5.34. The van der Waals surface area contributed by atoms with Crippen molar-refractivity contribution in [2.75, 3.05) is 17.7 Å². The van der Waals surface area contributed by atoms with E-state index in [1.165, 1.54) is 0 Å². The van der Waals surface area contributed by atoms with Crippen LogP contribution in [0.1, 0.15) is 16.1 Å². The number of carbonyl (C=O) groups is 1. The zero-order valence-corrected chi connectivity index (χ0v) is 9.78. The fourth-order valence-electron chi connectivity index (χ4n) is 1.47. The van der Waals surface area contributed by atoms with Gasteiger partial charge in [-0.2, -0.15) is 0 Å². The number of amides is 1. The van der Waals surface area contributed by atoms with E-state index in [0.717, 1.165) is 11.4 Å². The van der Waals surface area contributed by atoms with Gasteiger partial charge in [-0.3, -0.25) is 10.1 Å². The van der Waals surface area contributed by atoms with Crippen molar-refractivity contribution in [3.8, 4) is 0 Å². The summed E-state index contributed by atoms with van der Waals surface area (Å²) in [4.78, 5) is 11.8. The summed E-state index contributed by atoms with van der Waals surface area (Å²) >= 11 is 0. The molecule has 88 valence electrons. The van der Waals surface area contributed by atoms with E-state index in [1.807, 2.05) is 26.1 Å². The fraction of sp³-hybridized carbons (Fsp3) is 0.154. The largest absolute Gasteiger partial charge is 0.446 e. The van der Waals surface area contributed by atoms with Gasteiger partial charge < -0.3 is 9.73 Å². The third-order valence-electron chi connectivity index (χ3n) is 2.41. The molecule has 0 unspecified atom stereocenters. The van der Waals surface area contributed by atoms with Crippen molar-refractivity contribution < 1.29 is 9.21 Å². The van der Waals surface area contributed by atoms with Gasteiger partial charge in [-0.15, -0.1) is 0 Å². The van der Waals surface area contributed by atoms with Crippen LogP contribution in [0.3, 0.4) is 0 Å². The molecule has 0 aliphatic carbocycles. The lowest BCUT2D eigenvalue weighted by Crippen LogP contribution is -2.11. The molecule has 0 saturated carbocycles. The molecule has 1 amide bonds. The second kappa shape index (κ2) is 4.74. The van der Waals surface area contributed by atoms with E-state index in [-0.39, 0.29) is 5.91 Å². The Morgan fingerprint density at radius 3 is 2.35 bits per heavy atom. The van der Waals surface area contributed by atoms with E-state index in [1.54, 1.807) is 24.3 Å². The number of hydrogen-bond donors (Lipinski definition) is 2. The van der Waals surface area contributed by atoms with Crippen molar-refractivity contribution in [1.82, 2.24) is 0 Å². The molecule has 0 radical (unpaired) electrons. The van der Waals surface area contributed by atoms with E-state index in [4.69, 9.17) is 4.42 Å². The predicted molar refractivity (Wildman–Crippen MR) is 67.4 cm³/mol. The fourth-order valence-corrected chi connectivity index (χ4v) is 1.47. The van der Waals surface area contributed by atoms with Gasteiger partial charge in [0.1, 0.15) is 5.76 Å². The highest BCUT2D eigenvalue weighted by Crippen LogP contribution is 2.14. The van der Waals surface area contributed by atoms with Gasteiger partial charge in [-0.25, -0.2) is 0 Å². The zero-order chi connectivity index (χ0) is 12.3. The molecule has 2 aromatic rings. The normalized spacial score (nSPS) is 10.0. The van der Waals surface area contributed by atoms with Crippen LogP contribution >= 0.6 is 0 Å². The molecule has 0 spiro atoms. The highest BCUT2D eigenvalue weighted by Gasteiger charge is 2.07. The minimum atomic E-state index is -0.179. The van der Waals surface area contributed by atoms with Gasteiger partial charge in [0.25, 0.3) is 5.91 Å². The summed E-state index contributed by atoms with van der Waals surface area (Å²) in [6, 6.07) is 10.8. The molecule has 17 heavy (non-hydrogen) atoms. The highest BCUT2D eigenvalue weighted by atomic mass is 16.4. The predicted octanol–water partition coefficient (Wildman–Crippen LogP) is 2.88. The van der Waals surface area contributed by atoms with Gasteiger partial charge in [0.15, 0.2) is 5.88 Å². The van der Waals surface area contributed by atoms with Gasteiger partial charge in [-0.05, 0) is 37.3 Å². The Balaban J connectivity index is 2.09. The van der Waals surface area contributed by atoms with Gasteiger partial charge in [0.2, 0.25) is 0 Å². The van der Waals surface area contributed by atoms with Gasteiger partial charge in [-0.1, -0.05) is 0 Å². The quantitative estimate of drug-likeness (QED) is 0.852. The smallest absolute Gasteiger partial charge is 0.257 e. The Morgan fingerprint density at radius 1 is 1.12 bits per heavy atom. The van der Waals surface area contributed by atoms with Crippen molar-refractivity contribution in [3.05, 3.63) is 47.7 Å². The minimum Gasteiger partial charge on any atom is -0.446 e. The first-order chi connectivity index (χ1) is 8.19. The summed E-state index contributed by atoms with van der Waals surface area (Å²) in [5.74, 6) is 1.05. The molecule has 0 fully saturated rings. The molecule has 4 nitrogen and oxygen atoms in total. The molecule has 1 aromatic carbocycles. The summed E-state index contributed by atoms with van der Waals surface area (Å²) < 4.78 is 5.28. The lowest BCUT2D eigenvalue weighted by Gasteiger charge is -2.03. The van der Waals surface area contributed by atoms with Crippen molar-refractivity contribution in [2.45, 2.75) is 6.92 Å². The van der Waals surface area contributed by atoms with Crippen LogP contribution in [-0.2, 0) is 0 Å². The van der Waals surface area contributed by atoms with Crippen molar-refractivity contribution in [1.29, 1.82) is 0 Å². The maximum absolute atomic E-state index is 11.8. The molecule has 2 rings (SSSR count). The summed E-state index contributed by atoms with van der Waals surface area (Å²) in [7, 11) is 1.83. The van der Waals surface area contributed by atoms with Crippen molar-refractivity contribution in [2.24, 2.45) is 0 Å². The van der Waals surface area contributed by atoms with Crippen LogP contribution in [0.25, 0.3) is 0 Å². The van der Waals surface area contributed by atoms with E-state index in [0.29, 0.717) is 11.4 Å². The third-order valence-corrected chi connectivity index (χ3v) is 2.41. The van der Waals surface area contributed by atoms with E-state index >= 15 is 0 Å². The van der Waals surface area contributed by atoms with Crippen LogP contribution in [0.5, 0.6) is 0 Å². The van der Waals surface area contributed by atoms with E-state index in [2.05, 4.69) is 10.6 Å². The average molecular weight is 230 g/mol. The van der Waals surface area contributed by atoms with Crippen LogP contribution in [0.2, 0.25) is 0 Å². The maximum Gasteiger partial charge on any atom is 0.257 e. The Hall–Kier alpha value is -2.23. The Bertz CT molecular complexity index is 514. The Kier molecular flexibility index (Phi) is 3.14. The van der Waals surface area contributed by atoms with Gasteiger partial charge >= 0.3 is 0 Å². The number of aryl methyl sites for hydroxylation is 1. The topological polar surface area (TPSA) is 54.3 Å². The standard InChI is InChI=1S/C13H14N2O2/c1-9-3-8-12(17-9)15-13(16)10-4-6-11(14-2)7-5-10/h3-8,14H,1-2H3,(H,15,16). The van der Waals surface area contributed by atoms with Crippen molar-refractivity contribution in [3.63, 3.8) is 0 Å². The first-order valence-corrected chi connectivity index (χ1v) is 5.34. The summed E-state index contributed by atoms with van der Waals surface area (Å²) in [5, 5.41) is 5.69. The highest BCUT2D eigenvalue weighted by molar-refractivity contribution is 6.03. The molecule has 0 aliphatic heterocycles. The number of anilines is 2. The van der Waals surface area contributed by atoms with Crippen LogP contribution in [0.4, 0.5) is 11.6 Å². The number of benzene rings is 1. The lowest BCUT2D eigenvalue weighted by atomic mass is 10.2. The van der Waals surface area contributed by atoms with Gasteiger partial charge in [0.05, 0.1) is 0 Å². The monoisotopic (exact) mass is 230 g/mol. The van der Waals surface area contributed by atoms with Crippen LogP contribution in [0.15, 0.2) is 40.8 Å². The number of nitrogens with one attached hydrogen (secondary N) is 2. The molecule has 2 N–H and O–H groups in total. The number of furan rings is 1. The second-order valence-corrected chi connectivity index (χ2v) is 3.69. The SMILES string of the molecule is CNc1ccc(C(=O)Nc2ccc(C)o2)cc1. The Morgan fingerprint density at radius 2 is 1.82 bits per heavy atom. The molecule has 4 heteroatoms. The molecule has 0 aliphatic rings. The van der Waals surface area contributed by atoms with Crippen LogP contribution in [-0.4, -0.2) is 13.0 Å². The Labute approximate surface area is 99.6 Å². The molecule has 0 atom stereocenters.